The number of primary amides is 1. The van der Waals surface area contributed by atoms with Gasteiger partial charge in [0.25, 0.3) is 5.91 Å². The Morgan fingerprint density at radius 1 is 1.13 bits per heavy atom. The molecular weight excluding hydrogens is 405 g/mol. The van der Waals surface area contributed by atoms with Crippen LogP contribution >= 0.6 is 11.3 Å². The summed E-state index contributed by atoms with van der Waals surface area (Å²) in [5, 5.41) is 8.89. The highest BCUT2D eigenvalue weighted by atomic mass is 32.1. The number of aromatic nitrogens is 3. The molecule has 0 unspecified atom stereocenters. The number of nitrogens with one attached hydrogen (secondary N) is 1. The van der Waals surface area contributed by atoms with Gasteiger partial charge in [-0.05, 0) is 60.3 Å². The number of nitrogens with two attached hydrogens (primary N) is 1. The highest BCUT2D eigenvalue weighted by molar-refractivity contribution is 7.13. The number of carbonyl (C=O) groups excluding carboxylic acids is 2. The number of rotatable bonds is 5. The Morgan fingerprint density at radius 3 is 2.63 bits per heavy atom. The molecule has 0 radical (unpaired) electrons. The second-order valence-corrected chi connectivity index (χ2v) is 7.42. The molecule has 0 aliphatic heterocycles. The number of carbonyl (C=O) groups is 2. The van der Waals surface area contributed by atoms with Gasteiger partial charge in [-0.25, -0.2) is 14.1 Å². The number of benzene rings is 2. The number of hydrogen-bond donors (Lipinski definition) is 2. The van der Waals surface area contributed by atoms with Gasteiger partial charge in [-0.15, -0.1) is 16.4 Å². The molecule has 2 aromatic carbocycles. The van der Waals surface area contributed by atoms with Crippen molar-refractivity contribution in [3.8, 4) is 16.4 Å². The van der Waals surface area contributed by atoms with E-state index >= 15 is 0 Å². The lowest BCUT2D eigenvalue weighted by molar-refractivity contribution is 0.0996. The molecular formula is C21H16FN5O2S. The molecule has 7 nitrogen and oxygen atoms in total. The van der Waals surface area contributed by atoms with Gasteiger partial charge in [0.15, 0.2) is 5.82 Å². The molecule has 9 heteroatoms. The molecule has 30 heavy (non-hydrogen) atoms. The molecule has 0 bridgehead atoms. The SMILES string of the molecule is Cc1cc(NC(=O)c2nc(-c3cccs3)n(-c3cccc(F)c3)n2)ccc1C(N)=O. The maximum Gasteiger partial charge on any atom is 0.295 e. The minimum Gasteiger partial charge on any atom is -0.366 e. The maximum absolute atomic E-state index is 13.7. The van der Waals surface area contributed by atoms with Crippen LogP contribution < -0.4 is 11.1 Å². The topological polar surface area (TPSA) is 103 Å². The maximum atomic E-state index is 13.7. The number of nitrogens with zero attached hydrogens (tertiary/aromatic N) is 3. The van der Waals surface area contributed by atoms with Crippen LogP contribution in [0.2, 0.25) is 0 Å². The van der Waals surface area contributed by atoms with Gasteiger partial charge in [-0.3, -0.25) is 9.59 Å². The first-order valence-electron chi connectivity index (χ1n) is 8.91. The van der Waals surface area contributed by atoms with E-state index in [0.29, 0.717) is 28.3 Å². The molecule has 3 N–H and O–H groups in total. The van der Waals surface area contributed by atoms with Crippen molar-refractivity contribution >= 4 is 28.8 Å². The van der Waals surface area contributed by atoms with Gasteiger partial charge in [0.05, 0.1) is 10.6 Å². The summed E-state index contributed by atoms with van der Waals surface area (Å²) in [5.41, 5.74) is 7.25. The highest BCUT2D eigenvalue weighted by Gasteiger charge is 2.20. The summed E-state index contributed by atoms with van der Waals surface area (Å²) in [5.74, 6) is -1.13. The molecule has 0 saturated carbocycles. The lowest BCUT2D eigenvalue weighted by Crippen LogP contribution is -2.16. The van der Waals surface area contributed by atoms with E-state index in [2.05, 4.69) is 15.4 Å². The Hall–Kier alpha value is -3.85. The van der Waals surface area contributed by atoms with E-state index in [9.17, 15) is 14.0 Å². The second-order valence-electron chi connectivity index (χ2n) is 6.48. The molecule has 0 aliphatic rings. The van der Waals surface area contributed by atoms with Crippen molar-refractivity contribution in [2.45, 2.75) is 6.92 Å². The van der Waals surface area contributed by atoms with Crippen molar-refractivity contribution in [2.24, 2.45) is 5.73 Å². The first-order chi connectivity index (χ1) is 14.4. The van der Waals surface area contributed by atoms with Crippen LogP contribution in [-0.2, 0) is 0 Å². The van der Waals surface area contributed by atoms with E-state index in [0.717, 1.165) is 4.88 Å². The average molecular weight is 421 g/mol. The third-order valence-electron chi connectivity index (χ3n) is 4.35. The van der Waals surface area contributed by atoms with Crippen molar-refractivity contribution in [3.63, 3.8) is 0 Å². The van der Waals surface area contributed by atoms with Crippen LogP contribution in [0, 0.1) is 12.7 Å². The van der Waals surface area contributed by atoms with E-state index in [1.54, 1.807) is 37.3 Å². The molecule has 0 atom stereocenters. The monoisotopic (exact) mass is 421 g/mol. The normalized spacial score (nSPS) is 10.7. The Kier molecular flexibility index (Phi) is 5.11. The predicted octanol–water partition coefficient (Wildman–Crippen LogP) is 3.79. The van der Waals surface area contributed by atoms with Gasteiger partial charge < -0.3 is 11.1 Å². The van der Waals surface area contributed by atoms with Gasteiger partial charge >= 0.3 is 0 Å². The van der Waals surface area contributed by atoms with Crippen LogP contribution in [0.25, 0.3) is 16.4 Å². The summed E-state index contributed by atoms with van der Waals surface area (Å²) in [6.45, 7) is 1.72. The Labute approximate surface area is 175 Å². The summed E-state index contributed by atoms with van der Waals surface area (Å²) in [6.07, 6.45) is 0. The largest absolute Gasteiger partial charge is 0.366 e. The van der Waals surface area contributed by atoms with Gasteiger partial charge in [-0.1, -0.05) is 12.1 Å². The van der Waals surface area contributed by atoms with Crippen LogP contribution in [0.3, 0.4) is 0 Å². The smallest absolute Gasteiger partial charge is 0.295 e. The van der Waals surface area contributed by atoms with E-state index in [4.69, 9.17) is 5.73 Å². The Balaban J connectivity index is 1.69. The minimum atomic E-state index is -0.540. The third-order valence-corrected chi connectivity index (χ3v) is 5.22. The fourth-order valence-corrected chi connectivity index (χ4v) is 3.66. The lowest BCUT2D eigenvalue weighted by Gasteiger charge is -2.06. The number of halogens is 1. The van der Waals surface area contributed by atoms with E-state index in [-0.39, 0.29) is 5.82 Å². The summed E-state index contributed by atoms with van der Waals surface area (Å²) in [6, 6.07) is 14.4. The molecule has 2 amide bonds. The zero-order valence-corrected chi connectivity index (χ0v) is 16.6. The van der Waals surface area contributed by atoms with Crippen molar-refractivity contribution < 1.29 is 14.0 Å². The van der Waals surface area contributed by atoms with Crippen LogP contribution in [0.4, 0.5) is 10.1 Å². The van der Waals surface area contributed by atoms with Gasteiger partial charge in [0, 0.05) is 11.3 Å². The minimum absolute atomic E-state index is 0.0701. The van der Waals surface area contributed by atoms with Crippen molar-refractivity contribution in [1.82, 2.24) is 14.8 Å². The molecule has 0 spiro atoms. The zero-order valence-electron chi connectivity index (χ0n) is 15.8. The van der Waals surface area contributed by atoms with E-state index < -0.39 is 17.6 Å². The fraction of sp³-hybridized carbons (Fsp3) is 0.0476. The standard InChI is InChI=1S/C21H16FN5O2S/c1-12-10-14(7-8-16(12)18(23)28)24-21(29)19-25-20(17-6-3-9-30-17)27(26-19)15-5-2-4-13(22)11-15/h2-11H,1H3,(H2,23,28)(H,24,29). The second kappa shape index (κ2) is 7.88. The number of hydrogen-bond acceptors (Lipinski definition) is 5. The lowest BCUT2D eigenvalue weighted by atomic mass is 10.1. The Morgan fingerprint density at radius 2 is 1.97 bits per heavy atom. The first-order valence-corrected chi connectivity index (χ1v) is 9.79. The molecule has 0 fully saturated rings. The molecule has 150 valence electrons. The van der Waals surface area contributed by atoms with Gasteiger partial charge in [0.1, 0.15) is 5.82 Å². The number of thiophene rings is 1. The molecule has 2 aromatic heterocycles. The quantitative estimate of drug-likeness (QED) is 0.512. The van der Waals surface area contributed by atoms with E-state index in [1.807, 2.05) is 17.5 Å². The van der Waals surface area contributed by atoms with Crippen molar-refractivity contribution in [3.05, 3.63) is 82.7 Å². The van der Waals surface area contributed by atoms with Crippen molar-refractivity contribution in [1.29, 1.82) is 0 Å². The van der Waals surface area contributed by atoms with Crippen LogP contribution in [0.1, 0.15) is 26.5 Å². The van der Waals surface area contributed by atoms with Gasteiger partial charge in [0.2, 0.25) is 11.7 Å². The van der Waals surface area contributed by atoms with Crippen LogP contribution in [-0.4, -0.2) is 26.6 Å². The number of anilines is 1. The summed E-state index contributed by atoms with van der Waals surface area (Å²) >= 11 is 1.43. The zero-order chi connectivity index (χ0) is 21.3. The summed E-state index contributed by atoms with van der Waals surface area (Å²) in [7, 11) is 0. The van der Waals surface area contributed by atoms with Crippen LogP contribution in [0.5, 0.6) is 0 Å². The molecule has 0 saturated heterocycles. The van der Waals surface area contributed by atoms with Gasteiger partial charge in [-0.2, -0.15) is 0 Å². The number of amides is 2. The predicted molar refractivity (Wildman–Crippen MR) is 112 cm³/mol. The molecule has 0 aliphatic carbocycles. The highest BCUT2D eigenvalue weighted by Crippen LogP contribution is 2.26. The number of aryl methyl sites for hydroxylation is 1. The third kappa shape index (κ3) is 3.83. The fourth-order valence-electron chi connectivity index (χ4n) is 2.97. The molecule has 4 rings (SSSR count). The van der Waals surface area contributed by atoms with E-state index in [1.165, 1.54) is 28.2 Å². The first kappa shape index (κ1) is 19.5. The summed E-state index contributed by atoms with van der Waals surface area (Å²) in [4.78, 5) is 29.3. The summed E-state index contributed by atoms with van der Waals surface area (Å²) < 4.78 is 15.2. The Bertz CT molecular complexity index is 1250. The van der Waals surface area contributed by atoms with Crippen LogP contribution in [0.15, 0.2) is 60.0 Å². The molecule has 2 heterocycles. The average Bonchev–Trinajstić information content (AvgIpc) is 3.37. The molecule has 4 aromatic rings. The van der Waals surface area contributed by atoms with Crippen molar-refractivity contribution in [2.75, 3.05) is 5.32 Å².